The predicted molar refractivity (Wildman–Crippen MR) is 101 cm³/mol. The zero-order chi connectivity index (χ0) is 17.3. The maximum atomic E-state index is 12.6. The van der Waals surface area contributed by atoms with Gasteiger partial charge in [-0.25, -0.2) is 0 Å². The van der Waals surface area contributed by atoms with Crippen molar-refractivity contribution in [3.05, 3.63) is 63.2 Å². The number of fused-ring (bicyclic) bond motifs is 1. The Labute approximate surface area is 146 Å². The van der Waals surface area contributed by atoms with Crippen LogP contribution in [-0.4, -0.2) is 9.55 Å². The van der Waals surface area contributed by atoms with Crippen LogP contribution in [0.2, 0.25) is 5.02 Å². The fourth-order valence-electron chi connectivity index (χ4n) is 3.45. The zero-order valence-corrected chi connectivity index (χ0v) is 15.0. The second-order valence-electron chi connectivity index (χ2n) is 5.75. The molecule has 3 rings (SSSR count). The zero-order valence-electron chi connectivity index (χ0n) is 14.3. The largest absolute Gasteiger partial charge is 0.311 e. The topological polar surface area (TPSA) is 34.9 Å². The summed E-state index contributed by atoms with van der Waals surface area (Å²) in [5, 5.41) is 1.43. The number of pyridine rings is 2. The maximum Gasteiger partial charge on any atom is 0.269 e. The van der Waals surface area contributed by atoms with Crippen LogP contribution in [0.4, 0.5) is 0 Å². The highest BCUT2D eigenvalue weighted by atomic mass is 35.5. The van der Waals surface area contributed by atoms with Gasteiger partial charge >= 0.3 is 0 Å². The average Bonchev–Trinajstić information content (AvgIpc) is 2.62. The number of benzene rings is 1. The lowest BCUT2D eigenvalue weighted by Crippen LogP contribution is -2.25. The first kappa shape index (κ1) is 16.7. The van der Waals surface area contributed by atoms with E-state index in [4.69, 9.17) is 11.6 Å². The summed E-state index contributed by atoms with van der Waals surface area (Å²) >= 11 is 6.46. The van der Waals surface area contributed by atoms with Crippen LogP contribution < -0.4 is 5.56 Å². The molecular weight excluding hydrogens is 320 g/mol. The van der Waals surface area contributed by atoms with Crippen LogP contribution >= 0.6 is 11.6 Å². The lowest BCUT2D eigenvalue weighted by molar-refractivity contribution is 0.680. The first-order valence-electron chi connectivity index (χ1n) is 8.42. The van der Waals surface area contributed by atoms with Gasteiger partial charge < -0.3 is 4.57 Å². The molecular formula is C20H21ClN2O. The molecule has 0 aliphatic heterocycles. The fraction of sp³-hybridized carbons (Fsp3) is 0.300. The maximum absolute atomic E-state index is 12.6. The van der Waals surface area contributed by atoms with Gasteiger partial charge in [-0.2, -0.15) is 0 Å². The molecule has 0 atom stereocenters. The van der Waals surface area contributed by atoms with Crippen LogP contribution in [0.25, 0.3) is 22.0 Å². The molecule has 2 aromatic heterocycles. The molecule has 0 unspecified atom stereocenters. The van der Waals surface area contributed by atoms with Crippen molar-refractivity contribution in [2.75, 3.05) is 0 Å². The van der Waals surface area contributed by atoms with E-state index in [9.17, 15) is 4.79 Å². The van der Waals surface area contributed by atoms with Crippen molar-refractivity contribution in [1.82, 2.24) is 9.55 Å². The van der Waals surface area contributed by atoms with Crippen molar-refractivity contribution < 1.29 is 0 Å². The molecule has 3 nitrogen and oxygen atoms in total. The van der Waals surface area contributed by atoms with Crippen molar-refractivity contribution in [3.8, 4) is 11.1 Å². The van der Waals surface area contributed by atoms with Crippen LogP contribution in [0, 0.1) is 0 Å². The number of halogens is 1. The predicted octanol–water partition coefficient (Wildman–Crippen LogP) is 4.86. The number of para-hydroxylation sites is 1. The lowest BCUT2D eigenvalue weighted by atomic mass is 9.93. The van der Waals surface area contributed by atoms with E-state index in [0.29, 0.717) is 11.6 Å². The van der Waals surface area contributed by atoms with Gasteiger partial charge in [0.25, 0.3) is 5.56 Å². The molecule has 0 saturated carbocycles. The molecule has 24 heavy (non-hydrogen) atoms. The summed E-state index contributed by atoms with van der Waals surface area (Å²) in [7, 11) is 0. The Morgan fingerprint density at radius 2 is 1.83 bits per heavy atom. The van der Waals surface area contributed by atoms with Gasteiger partial charge in [0.2, 0.25) is 0 Å². The normalized spacial score (nSPS) is 11.2. The smallest absolute Gasteiger partial charge is 0.269 e. The second-order valence-corrected chi connectivity index (χ2v) is 6.12. The third-order valence-corrected chi connectivity index (χ3v) is 4.93. The quantitative estimate of drug-likeness (QED) is 0.679. The van der Waals surface area contributed by atoms with E-state index in [1.54, 1.807) is 4.57 Å². The van der Waals surface area contributed by atoms with Gasteiger partial charge in [0.1, 0.15) is 5.02 Å². The second kappa shape index (κ2) is 6.78. The van der Waals surface area contributed by atoms with Gasteiger partial charge in [0, 0.05) is 29.4 Å². The summed E-state index contributed by atoms with van der Waals surface area (Å²) in [6.07, 6.45) is 3.32. The van der Waals surface area contributed by atoms with Crippen molar-refractivity contribution >= 4 is 22.5 Å². The van der Waals surface area contributed by atoms with Crippen LogP contribution in [0.3, 0.4) is 0 Å². The number of rotatable bonds is 4. The monoisotopic (exact) mass is 340 g/mol. The minimum atomic E-state index is -0.0880. The molecule has 3 aromatic rings. The lowest BCUT2D eigenvalue weighted by Gasteiger charge is -2.21. The molecule has 2 heterocycles. The molecule has 0 saturated heterocycles. The molecule has 0 N–H and O–H groups in total. The van der Waals surface area contributed by atoms with E-state index in [1.165, 1.54) is 0 Å². The minimum Gasteiger partial charge on any atom is -0.311 e. The molecule has 0 fully saturated rings. The third kappa shape index (κ3) is 2.53. The van der Waals surface area contributed by atoms with Crippen LogP contribution in [0.5, 0.6) is 0 Å². The van der Waals surface area contributed by atoms with Gasteiger partial charge in [-0.05, 0) is 43.0 Å². The number of nitrogens with zero attached hydrogens (tertiary/aromatic N) is 2. The van der Waals surface area contributed by atoms with Crippen molar-refractivity contribution in [1.29, 1.82) is 0 Å². The Morgan fingerprint density at radius 3 is 2.50 bits per heavy atom. The average molecular weight is 341 g/mol. The summed E-state index contributed by atoms with van der Waals surface area (Å²) in [5.74, 6) is 0. The Hall–Kier alpha value is -2.13. The van der Waals surface area contributed by atoms with E-state index < -0.39 is 0 Å². The Morgan fingerprint density at radius 1 is 1.08 bits per heavy atom. The van der Waals surface area contributed by atoms with E-state index in [-0.39, 0.29) is 5.56 Å². The standard InChI is InChI=1S/C20H21ClN2O/c1-4-13-18(17(5-2)23(6-3)20(24)19(13)21)15-11-12-22-16-10-8-7-9-14(15)16/h7-12H,4-6H2,1-3H3. The summed E-state index contributed by atoms with van der Waals surface area (Å²) in [5.41, 5.74) is 5.02. The van der Waals surface area contributed by atoms with Gasteiger partial charge in [-0.3, -0.25) is 9.78 Å². The van der Waals surface area contributed by atoms with Gasteiger partial charge in [-0.15, -0.1) is 0 Å². The van der Waals surface area contributed by atoms with Crippen molar-refractivity contribution in [3.63, 3.8) is 0 Å². The highest BCUT2D eigenvalue weighted by Crippen LogP contribution is 2.35. The fourth-order valence-corrected chi connectivity index (χ4v) is 3.79. The van der Waals surface area contributed by atoms with E-state index >= 15 is 0 Å². The van der Waals surface area contributed by atoms with Crippen LogP contribution in [-0.2, 0) is 19.4 Å². The first-order chi connectivity index (χ1) is 11.6. The van der Waals surface area contributed by atoms with Gasteiger partial charge in [0.05, 0.1) is 5.52 Å². The highest BCUT2D eigenvalue weighted by molar-refractivity contribution is 6.31. The summed E-state index contributed by atoms with van der Waals surface area (Å²) in [6, 6.07) is 10.1. The van der Waals surface area contributed by atoms with E-state index in [1.807, 2.05) is 44.3 Å². The SMILES string of the molecule is CCc1c(-c2ccnc3ccccc23)c(CC)n(CC)c(=O)c1Cl. The summed E-state index contributed by atoms with van der Waals surface area (Å²) < 4.78 is 1.80. The highest BCUT2D eigenvalue weighted by Gasteiger charge is 2.20. The minimum absolute atomic E-state index is 0.0880. The Bertz CT molecular complexity index is 954. The molecule has 0 spiro atoms. The van der Waals surface area contributed by atoms with Crippen molar-refractivity contribution in [2.45, 2.75) is 40.2 Å². The summed E-state index contributed by atoms with van der Waals surface area (Å²) in [6.45, 7) is 6.73. The molecule has 0 aliphatic carbocycles. The molecule has 0 amide bonds. The third-order valence-electron chi connectivity index (χ3n) is 4.54. The molecule has 0 aliphatic rings. The number of hydrogen-bond acceptors (Lipinski definition) is 2. The first-order valence-corrected chi connectivity index (χ1v) is 8.79. The van der Waals surface area contributed by atoms with Gasteiger partial charge in [0.15, 0.2) is 0 Å². The molecule has 1 aromatic carbocycles. The number of hydrogen-bond donors (Lipinski definition) is 0. The molecule has 0 radical (unpaired) electrons. The van der Waals surface area contributed by atoms with E-state index in [0.717, 1.165) is 46.1 Å². The van der Waals surface area contributed by atoms with Gasteiger partial charge in [-0.1, -0.05) is 43.6 Å². The van der Waals surface area contributed by atoms with Crippen LogP contribution in [0.15, 0.2) is 41.3 Å². The molecule has 0 bridgehead atoms. The van der Waals surface area contributed by atoms with Crippen LogP contribution in [0.1, 0.15) is 32.0 Å². The summed E-state index contributed by atoms with van der Waals surface area (Å²) in [4.78, 5) is 17.1. The Balaban J connectivity index is 2.50. The van der Waals surface area contributed by atoms with E-state index in [2.05, 4.69) is 18.0 Å². The molecule has 4 heteroatoms. The number of aromatic nitrogens is 2. The molecule has 124 valence electrons. The van der Waals surface area contributed by atoms with Crippen molar-refractivity contribution in [2.24, 2.45) is 0 Å². The Kier molecular flexibility index (Phi) is 4.72.